The van der Waals surface area contributed by atoms with Gasteiger partial charge in [0, 0.05) is 30.9 Å². The van der Waals surface area contributed by atoms with E-state index in [1.165, 1.54) is 28.3 Å². The van der Waals surface area contributed by atoms with Crippen molar-refractivity contribution in [2.24, 2.45) is 7.05 Å². The number of aryl methyl sites for hydroxylation is 1. The van der Waals surface area contributed by atoms with Crippen LogP contribution in [0.25, 0.3) is 33.5 Å². The van der Waals surface area contributed by atoms with Gasteiger partial charge in [-0.3, -0.25) is 4.68 Å². The Kier molecular flexibility index (Phi) is 4.50. The molecule has 5 aromatic rings. The average Bonchev–Trinajstić information content (AvgIpc) is 3.42. The topological polar surface area (TPSA) is 55.6 Å². The number of rotatable bonds is 4. The van der Waals surface area contributed by atoms with Gasteiger partial charge in [0.25, 0.3) is 0 Å². The van der Waals surface area contributed by atoms with Crippen LogP contribution in [0.5, 0.6) is 0 Å². The number of nitrogens with one attached hydrogen (secondary N) is 1. The van der Waals surface area contributed by atoms with Gasteiger partial charge in [-0.15, -0.1) is 0 Å². The second kappa shape index (κ2) is 7.67. The Morgan fingerprint density at radius 2 is 1.70 bits per heavy atom. The molecule has 0 saturated heterocycles. The minimum Gasteiger partial charge on any atom is -0.325 e. The van der Waals surface area contributed by atoms with Crippen molar-refractivity contribution >= 4 is 11.6 Å². The summed E-state index contributed by atoms with van der Waals surface area (Å²) in [6.45, 7) is 0. The van der Waals surface area contributed by atoms with E-state index < -0.39 is 5.95 Å². The van der Waals surface area contributed by atoms with Gasteiger partial charge in [-0.25, -0.2) is 9.97 Å². The number of halogens is 1. The molecule has 6 rings (SSSR count). The molecule has 1 aliphatic rings. The maximum Gasteiger partial charge on any atom is 0.214 e. The molecule has 0 bridgehead atoms. The van der Waals surface area contributed by atoms with Crippen molar-refractivity contribution in [1.82, 2.24) is 19.7 Å². The monoisotopic (exact) mass is 433 g/mol. The van der Waals surface area contributed by atoms with Gasteiger partial charge in [0.15, 0.2) is 0 Å². The average molecular weight is 433 g/mol. The van der Waals surface area contributed by atoms with E-state index in [2.05, 4.69) is 50.7 Å². The third kappa shape index (κ3) is 3.46. The Morgan fingerprint density at radius 3 is 2.58 bits per heavy atom. The summed E-state index contributed by atoms with van der Waals surface area (Å²) in [5.41, 5.74) is 8.12. The van der Waals surface area contributed by atoms with Gasteiger partial charge in [0.2, 0.25) is 5.95 Å². The highest BCUT2D eigenvalue weighted by Gasteiger charge is 2.22. The van der Waals surface area contributed by atoms with E-state index in [9.17, 15) is 4.39 Å². The molecule has 3 heterocycles. The molecule has 0 aliphatic heterocycles. The number of hydrogen-bond acceptors (Lipinski definition) is 4. The molecule has 1 aliphatic carbocycles. The van der Waals surface area contributed by atoms with Crippen LogP contribution in [0.2, 0.25) is 0 Å². The van der Waals surface area contributed by atoms with Gasteiger partial charge in [-0.1, -0.05) is 42.5 Å². The third-order valence-electron chi connectivity index (χ3n) is 6.09. The van der Waals surface area contributed by atoms with Crippen molar-refractivity contribution < 1.29 is 4.39 Å². The molecule has 160 valence electrons. The van der Waals surface area contributed by atoms with Crippen molar-refractivity contribution in [3.8, 4) is 33.5 Å². The molecular formula is C27H20FN5. The zero-order valence-corrected chi connectivity index (χ0v) is 18.0. The summed E-state index contributed by atoms with van der Waals surface area (Å²) in [6, 6.07) is 23.6. The second-order valence-electron chi connectivity index (χ2n) is 8.12. The highest BCUT2D eigenvalue weighted by Crippen LogP contribution is 2.41. The zero-order valence-electron chi connectivity index (χ0n) is 18.0. The van der Waals surface area contributed by atoms with E-state index in [4.69, 9.17) is 0 Å². The third-order valence-corrected chi connectivity index (χ3v) is 6.09. The van der Waals surface area contributed by atoms with Crippen LogP contribution < -0.4 is 5.32 Å². The molecule has 2 aromatic carbocycles. The Morgan fingerprint density at radius 1 is 0.848 bits per heavy atom. The predicted octanol–water partition coefficient (Wildman–Crippen LogP) is 6.00. The summed E-state index contributed by atoms with van der Waals surface area (Å²) in [4.78, 5) is 8.65. The van der Waals surface area contributed by atoms with Crippen LogP contribution in [-0.2, 0) is 13.5 Å². The van der Waals surface area contributed by atoms with Gasteiger partial charge in [-0.2, -0.15) is 9.49 Å². The van der Waals surface area contributed by atoms with Crippen LogP contribution in [-0.4, -0.2) is 19.7 Å². The van der Waals surface area contributed by atoms with E-state index in [0.717, 1.165) is 28.9 Å². The molecule has 0 fully saturated rings. The maximum atomic E-state index is 14.7. The minimum atomic E-state index is -0.506. The van der Waals surface area contributed by atoms with E-state index in [0.29, 0.717) is 11.5 Å². The van der Waals surface area contributed by atoms with Crippen molar-refractivity contribution in [2.75, 3.05) is 5.32 Å². The lowest BCUT2D eigenvalue weighted by molar-refractivity contribution is 0.586. The summed E-state index contributed by atoms with van der Waals surface area (Å²) in [5, 5.41) is 7.41. The normalized spacial score (nSPS) is 11.8. The Labute approximate surface area is 190 Å². The van der Waals surface area contributed by atoms with Crippen LogP contribution in [0.3, 0.4) is 0 Å². The quantitative estimate of drug-likeness (QED) is 0.347. The second-order valence-corrected chi connectivity index (χ2v) is 8.12. The summed E-state index contributed by atoms with van der Waals surface area (Å²) < 4.78 is 16.4. The number of anilines is 2. The number of fused-ring (bicyclic) bond motifs is 3. The van der Waals surface area contributed by atoms with Gasteiger partial charge in [-0.05, 0) is 58.0 Å². The molecule has 3 aromatic heterocycles. The molecule has 1 N–H and O–H groups in total. The summed E-state index contributed by atoms with van der Waals surface area (Å²) in [6.07, 6.45) is 4.25. The molecule has 0 saturated carbocycles. The van der Waals surface area contributed by atoms with Crippen LogP contribution >= 0.6 is 0 Å². The number of pyridine rings is 2. The minimum absolute atomic E-state index is 0.506. The first-order valence-electron chi connectivity index (χ1n) is 10.8. The fourth-order valence-electron chi connectivity index (χ4n) is 4.51. The van der Waals surface area contributed by atoms with Crippen LogP contribution in [0.15, 0.2) is 85.2 Å². The van der Waals surface area contributed by atoms with Crippen LogP contribution in [0.4, 0.5) is 16.0 Å². The molecular weight excluding hydrogens is 413 g/mol. The summed E-state index contributed by atoms with van der Waals surface area (Å²) in [5.74, 6) is 0.972. The van der Waals surface area contributed by atoms with E-state index in [1.807, 2.05) is 43.4 Å². The Hall–Kier alpha value is -4.32. The SMILES string of the molecule is Cn1nccc1Nc1cc(-c2cc(F)nc(-c3cccc4c3Cc3ccccc3-4)c2)ccn1. The number of hydrogen-bond donors (Lipinski definition) is 1. The first-order chi connectivity index (χ1) is 16.2. The first-order valence-corrected chi connectivity index (χ1v) is 10.8. The van der Waals surface area contributed by atoms with Crippen molar-refractivity contribution in [3.63, 3.8) is 0 Å². The fourth-order valence-corrected chi connectivity index (χ4v) is 4.51. The lowest BCUT2D eigenvalue weighted by Crippen LogP contribution is -2.00. The lowest BCUT2D eigenvalue weighted by atomic mass is 9.97. The van der Waals surface area contributed by atoms with E-state index in [1.54, 1.807) is 17.1 Å². The molecule has 0 radical (unpaired) electrons. The molecule has 0 atom stereocenters. The van der Waals surface area contributed by atoms with Gasteiger partial charge in [0.1, 0.15) is 11.6 Å². The molecule has 33 heavy (non-hydrogen) atoms. The highest BCUT2D eigenvalue weighted by molar-refractivity contribution is 5.85. The predicted molar refractivity (Wildman–Crippen MR) is 128 cm³/mol. The smallest absolute Gasteiger partial charge is 0.214 e. The van der Waals surface area contributed by atoms with Gasteiger partial charge >= 0.3 is 0 Å². The highest BCUT2D eigenvalue weighted by atomic mass is 19.1. The molecule has 5 nitrogen and oxygen atoms in total. The van der Waals surface area contributed by atoms with Crippen molar-refractivity contribution in [3.05, 3.63) is 102 Å². The van der Waals surface area contributed by atoms with Crippen LogP contribution in [0, 0.1) is 5.95 Å². The standard InChI is InChI=1S/C27H20FN5/c1-33-27(10-12-30-33)32-26-16-17(9-11-29-26)19-14-24(31-25(28)15-19)22-8-4-7-21-20-6-3-2-5-18(20)13-23(21)22/h2-12,14-16H,13H2,1H3,(H,29,32). The summed E-state index contributed by atoms with van der Waals surface area (Å²) in [7, 11) is 1.85. The van der Waals surface area contributed by atoms with Gasteiger partial charge in [0.05, 0.1) is 11.9 Å². The van der Waals surface area contributed by atoms with Crippen LogP contribution in [0.1, 0.15) is 11.1 Å². The first kappa shape index (κ1) is 19.4. The van der Waals surface area contributed by atoms with Gasteiger partial charge < -0.3 is 5.32 Å². The van der Waals surface area contributed by atoms with Crippen molar-refractivity contribution in [1.29, 1.82) is 0 Å². The molecule has 0 spiro atoms. The Bertz CT molecular complexity index is 1500. The Balaban J connectivity index is 1.40. The molecule has 0 unspecified atom stereocenters. The number of benzene rings is 2. The number of nitrogens with zero attached hydrogens (tertiary/aromatic N) is 4. The molecule has 6 heteroatoms. The lowest BCUT2D eigenvalue weighted by Gasteiger charge is -2.11. The fraction of sp³-hybridized carbons (Fsp3) is 0.0741. The maximum absolute atomic E-state index is 14.7. The zero-order chi connectivity index (χ0) is 22.4. The number of aromatic nitrogens is 4. The largest absolute Gasteiger partial charge is 0.325 e. The summed E-state index contributed by atoms with van der Waals surface area (Å²) >= 11 is 0. The van der Waals surface area contributed by atoms with E-state index >= 15 is 0 Å². The molecule has 0 amide bonds. The van der Waals surface area contributed by atoms with Crippen molar-refractivity contribution in [2.45, 2.75) is 6.42 Å². The van der Waals surface area contributed by atoms with E-state index in [-0.39, 0.29) is 0 Å².